The van der Waals surface area contributed by atoms with Gasteiger partial charge in [0.15, 0.2) is 24.5 Å². The molecule has 2 heterocycles. The van der Waals surface area contributed by atoms with Crippen molar-refractivity contribution in [2.75, 3.05) is 34.3 Å². The number of carbonyl (C=O) groups excluding carboxylic acids is 4. The molecule has 0 aromatic heterocycles. The van der Waals surface area contributed by atoms with Crippen LogP contribution in [0.1, 0.15) is 75.8 Å². The smallest absolute Gasteiger partial charge is 0.412 e. The number of methoxy groups -OCH3 is 1. The molecule has 4 aliphatic rings. The molecule has 2 aliphatic heterocycles. The van der Waals surface area contributed by atoms with Crippen molar-refractivity contribution in [2.24, 2.45) is 0 Å². The van der Waals surface area contributed by atoms with Crippen LogP contribution in [-0.4, -0.2) is 124 Å². The first-order chi connectivity index (χ1) is 25.5. The van der Waals surface area contributed by atoms with Crippen molar-refractivity contribution in [3.63, 3.8) is 0 Å². The number of Topliss-reactive ketones (excluding diaryl/α,β-unsaturated/α-hetero) is 1. The minimum Gasteiger partial charge on any atom is -0.507 e. The van der Waals surface area contributed by atoms with Crippen molar-refractivity contribution in [2.45, 2.75) is 69.4 Å². The first-order valence-electron chi connectivity index (χ1n) is 16.7. The summed E-state index contributed by atoms with van der Waals surface area (Å²) in [7, 11) is 2.53. The fourth-order valence-electron chi connectivity index (χ4n) is 7.28. The maximum atomic E-state index is 14.0. The van der Waals surface area contributed by atoms with Crippen molar-refractivity contribution in [3.8, 4) is 17.2 Å². The highest BCUT2D eigenvalue weighted by atomic mass is 16.7. The summed E-state index contributed by atoms with van der Waals surface area (Å²) < 4.78 is 34.4. The Balaban J connectivity index is 1.33. The monoisotopic (exact) mass is 754 g/mol. The molecule has 0 saturated carbocycles. The van der Waals surface area contributed by atoms with Crippen LogP contribution in [-0.2, 0) is 34.9 Å². The number of nitrogens with zero attached hydrogens (tertiary/aromatic N) is 3. The van der Waals surface area contributed by atoms with Crippen molar-refractivity contribution >= 4 is 29.3 Å². The summed E-state index contributed by atoms with van der Waals surface area (Å²) in [5, 5.41) is 54.1. The number of ether oxygens (including phenoxy) is 6. The van der Waals surface area contributed by atoms with Crippen LogP contribution in [0, 0.1) is 15.5 Å². The highest BCUT2D eigenvalue weighted by Gasteiger charge is 2.51. The SMILES string of the molecule is C=C(N(C)C(=N)COC(=O)N1COCO[C@@H]2[C@H](C)O[C@@H](O[C@H]3C[C@](O)(C(C)=O)Cc4c(O)c5c(c(O)c43)C(=O)c3c(OC)cccc3C5=O)C[C@@H]21)[N+](=O)[O-]. The lowest BCUT2D eigenvalue weighted by Gasteiger charge is -2.44. The molecule has 288 valence electrons. The standard InChI is InChI=1S/C35H38N4O15/c1-15-33-20(38(13-50-14-52-33)34(45)51-12-23(36)37(4)17(3)39(47)48)9-24(53-15)54-22-11-35(46,16(2)40)10-19-26(22)32(44)28-27(30(19)42)29(41)18-7-6-8-21(49-5)25(18)31(28)43/h6-8,15,20,22,24,33,36,42,44,46H,3,9-14H2,1-2,4-5H3/t15-,20-,22-,24-,33+,35-/m0/s1. The van der Waals surface area contributed by atoms with Crippen LogP contribution < -0.4 is 4.74 Å². The Morgan fingerprint density at radius 3 is 2.56 bits per heavy atom. The van der Waals surface area contributed by atoms with Crippen LogP contribution in [0.2, 0.25) is 0 Å². The number of likely N-dealkylation sites (N-methyl/N-ethyl adjacent to an activating group) is 1. The number of aliphatic hydroxyl groups is 1. The number of phenols is 2. The van der Waals surface area contributed by atoms with E-state index in [-0.39, 0.29) is 47.9 Å². The van der Waals surface area contributed by atoms with E-state index < -0.39 is 118 Å². The third-order valence-electron chi connectivity index (χ3n) is 10.2. The molecule has 0 unspecified atom stereocenters. The average molecular weight is 755 g/mol. The lowest BCUT2D eigenvalue weighted by Crippen LogP contribution is -2.57. The number of hydrogen-bond acceptors (Lipinski definition) is 16. The predicted octanol–water partition coefficient (Wildman–Crippen LogP) is 2.14. The van der Waals surface area contributed by atoms with Crippen molar-refractivity contribution in [1.82, 2.24) is 9.80 Å². The average Bonchev–Trinajstić information content (AvgIpc) is 3.35. The van der Waals surface area contributed by atoms with Crippen LogP contribution in [0.3, 0.4) is 0 Å². The molecule has 19 heteroatoms. The molecule has 54 heavy (non-hydrogen) atoms. The van der Waals surface area contributed by atoms with E-state index >= 15 is 0 Å². The van der Waals surface area contributed by atoms with Gasteiger partial charge in [0.2, 0.25) is 11.6 Å². The minimum absolute atomic E-state index is 0.0644. The van der Waals surface area contributed by atoms with Gasteiger partial charge in [-0.3, -0.25) is 24.7 Å². The molecule has 2 fully saturated rings. The molecule has 2 aliphatic carbocycles. The summed E-state index contributed by atoms with van der Waals surface area (Å²) in [6, 6.07) is 3.47. The van der Waals surface area contributed by atoms with Crippen LogP contribution in [0.25, 0.3) is 0 Å². The first-order valence-corrected chi connectivity index (χ1v) is 16.7. The van der Waals surface area contributed by atoms with E-state index in [1.807, 2.05) is 0 Å². The normalized spacial score (nSPS) is 25.9. The number of amidine groups is 1. The van der Waals surface area contributed by atoms with E-state index in [9.17, 15) is 44.6 Å². The fourth-order valence-corrected chi connectivity index (χ4v) is 7.28. The number of nitro groups is 1. The van der Waals surface area contributed by atoms with Gasteiger partial charge in [0.25, 0.3) is 0 Å². The lowest BCUT2D eigenvalue weighted by atomic mass is 9.72. The Morgan fingerprint density at radius 1 is 1.19 bits per heavy atom. The number of nitrogens with one attached hydrogen (secondary N) is 1. The predicted molar refractivity (Wildman–Crippen MR) is 181 cm³/mol. The van der Waals surface area contributed by atoms with E-state index in [4.69, 9.17) is 33.8 Å². The molecule has 6 rings (SSSR count). The summed E-state index contributed by atoms with van der Waals surface area (Å²) >= 11 is 0. The summed E-state index contributed by atoms with van der Waals surface area (Å²) in [5.74, 6) is -4.68. The Kier molecular flexibility index (Phi) is 10.2. The van der Waals surface area contributed by atoms with Gasteiger partial charge in [0, 0.05) is 36.0 Å². The number of phenolic OH excluding ortho intramolecular Hbond substituents is 2. The molecule has 0 bridgehead atoms. The summed E-state index contributed by atoms with van der Waals surface area (Å²) in [6.07, 6.45) is -6.32. The lowest BCUT2D eigenvalue weighted by molar-refractivity contribution is -0.440. The molecular weight excluding hydrogens is 716 g/mol. The van der Waals surface area contributed by atoms with E-state index in [2.05, 4.69) is 6.58 Å². The first kappa shape index (κ1) is 38.3. The van der Waals surface area contributed by atoms with Gasteiger partial charge in [-0.2, -0.15) is 0 Å². The Bertz CT molecular complexity index is 1980. The number of hydrogen-bond donors (Lipinski definition) is 4. The fraction of sp³-hybridized carbons (Fsp3) is 0.457. The van der Waals surface area contributed by atoms with Crippen LogP contribution in [0.4, 0.5) is 4.79 Å². The van der Waals surface area contributed by atoms with Gasteiger partial charge in [0.1, 0.15) is 42.5 Å². The second-order valence-corrected chi connectivity index (χ2v) is 13.3. The third-order valence-corrected chi connectivity index (χ3v) is 10.2. The molecule has 0 radical (unpaired) electrons. The Labute approximate surface area is 307 Å². The van der Waals surface area contributed by atoms with E-state index in [1.165, 1.54) is 32.4 Å². The number of fused-ring (bicyclic) bond motifs is 4. The molecule has 19 nitrogen and oxygen atoms in total. The topological polar surface area (TPSA) is 258 Å². The summed E-state index contributed by atoms with van der Waals surface area (Å²) in [6.45, 7) is 4.83. The molecule has 2 saturated heterocycles. The highest BCUT2D eigenvalue weighted by molar-refractivity contribution is 6.31. The summed E-state index contributed by atoms with van der Waals surface area (Å²) in [4.78, 5) is 66.2. The molecule has 2 aromatic rings. The van der Waals surface area contributed by atoms with Gasteiger partial charge in [0.05, 0.1) is 49.1 Å². The van der Waals surface area contributed by atoms with Crippen LogP contribution in [0.15, 0.2) is 30.6 Å². The van der Waals surface area contributed by atoms with Gasteiger partial charge in [-0.25, -0.2) is 9.69 Å². The van der Waals surface area contributed by atoms with E-state index in [1.54, 1.807) is 6.92 Å². The molecule has 2 aromatic carbocycles. The van der Waals surface area contributed by atoms with Gasteiger partial charge in [-0.05, 0) is 31.4 Å². The Hall–Kier alpha value is -5.47. The van der Waals surface area contributed by atoms with Gasteiger partial charge >= 0.3 is 11.9 Å². The number of ketones is 3. The second-order valence-electron chi connectivity index (χ2n) is 13.3. The van der Waals surface area contributed by atoms with Gasteiger partial charge < -0.3 is 53.9 Å². The quantitative estimate of drug-likeness (QED) is 0.0844. The van der Waals surface area contributed by atoms with Gasteiger partial charge in [-0.15, -0.1) is 0 Å². The van der Waals surface area contributed by atoms with E-state index in [0.29, 0.717) is 0 Å². The zero-order chi connectivity index (χ0) is 39.4. The highest BCUT2D eigenvalue weighted by Crippen LogP contribution is 2.52. The molecular formula is C35H38N4O15. The number of aromatic hydroxyl groups is 2. The van der Waals surface area contributed by atoms with Crippen LogP contribution >= 0.6 is 0 Å². The maximum absolute atomic E-state index is 14.0. The number of rotatable bonds is 8. The third kappa shape index (κ3) is 6.42. The van der Waals surface area contributed by atoms with Crippen molar-refractivity contribution in [1.29, 1.82) is 5.41 Å². The molecule has 6 atom stereocenters. The molecule has 0 spiro atoms. The number of amides is 1. The van der Waals surface area contributed by atoms with E-state index in [0.717, 1.165) is 16.7 Å². The Morgan fingerprint density at radius 2 is 1.89 bits per heavy atom. The molecule has 4 N–H and O–H groups in total. The molecule has 1 amide bonds. The second kappa shape index (κ2) is 14.4. The zero-order valence-corrected chi connectivity index (χ0v) is 29.7. The largest absolute Gasteiger partial charge is 0.507 e. The van der Waals surface area contributed by atoms with Crippen LogP contribution in [0.5, 0.6) is 17.2 Å². The number of benzene rings is 2. The number of carbonyl (C=O) groups is 4. The maximum Gasteiger partial charge on any atom is 0.412 e. The van der Waals surface area contributed by atoms with Crippen molar-refractivity contribution < 1.29 is 67.8 Å². The van der Waals surface area contributed by atoms with Crippen molar-refractivity contribution in [3.05, 3.63) is 74.1 Å². The summed E-state index contributed by atoms with van der Waals surface area (Å²) in [5.41, 5.74) is -3.68. The minimum atomic E-state index is -2.14. The zero-order valence-electron chi connectivity index (χ0n) is 29.7. The van der Waals surface area contributed by atoms with Gasteiger partial charge in [-0.1, -0.05) is 12.1 Å².